The number of rotatable bonds is 13. The van der Waals surface area contributed by atoms with Crippen molar-refractivity contribution in [2.24, 2.45) is 0 Å². The van der Waals surface area contributed by atoms with Gasteiger partial charge in [0.15, 0.2) is 5.76 Å². The van der Waals surface area contributed by atoms with Gasteiger partial charge in [0, 0.05) is 62.9 Å². The molecule has 6 nitrogen and oxygen atoms in total. The molecule has 0 N–H and O–H groups in total. The highest BCUT2D eigenvalue weighted by molar-refractivity contribution is 7.99. The van der Waals surface area contributed by atoms with E-state index in [1.807, 2.05) is 6.92 Å². The van der Waals surface area contributed by atoms with Crippen molar-refractivity contribution in [3.63, 3.8) is 0 Å². The van der Waals surface area contributed by atoms with E-state index in [1.165, 1.54) is 47.8 Å². The molecule has 2 aromatic rings. The Labute approximate surface area is 221 Å². The SMILES string of the molecule is CCCCn1c(CN(CCN2CCSCC2)C/C(=C/C2=C(C)OCO2)CC)cnc1-c1ccccc1. The summed E-state index contributed by atoms with van der Waals surface area (Å²) in [6.07, 6.45) is 7.60. The van der Waals surface area contributed by atoms with Crippen LogP contribution in [0.1, 0.15) is 45.7 Å². The molecule has 0 spiro atoms. The summed E-state index contributed by atoms with van der Waals surface area (Å²) in [5.74, 6) is 5.32. The number of allylic oxidation sites excluding steroid dienone is 2. The van der Waals surface area contributed by atoms with Crippen LogP contribution in [0.25, 0.3) is 11.4 Å². The predicted octanol–water partition coefficient (Wildman–Crippen LogP) is 5.77. The third-order valence-electron chi connectivity index (χ3n) is 6.98. The van der Waals surface area contributed by atoms with Crippen LogP contribution in [0.2, 0.25) is 0 Å². The van der Waals surface area contributed by atoms with Gasteiger partial charge < -0.3 is 18.9 Å². The lowest BCUT2D eigenvalue weighted by Crippen LogP contribution is -2.40. The highest BCUT2D eigenvalue weighted by Gasteiger charge is 2.19. The van der Waals surface area contributed by atoms with E-state index in [-0.39, 0.29) is 0 Å². The van der Waals surface area contributed by atoms with Gasteiger partial charge in [-0.05, 0) is 25.8 Å². The molecule has 3 heterocycles. The van der Waals surface area contributed by atoms with Crippen molar-refractivity contribution >= 4 is 11.8 Å². The molecule has 196 valence electrons. The van der Waals surface area contributed by atoms with Crippen LogP contribution in [0.15, 0.2) is 59.7 Å². The van der Waals surface area contributed by atoms with Gasteiger partial charge in [0.05, 0.1) is 11.9 Å². The van der Waals surface area contributed by atoms with Gasteiger partial charge in [-0.15, -0.1) is 0 Å². The van der Waals surface area contributed by atoms with Crippen molar-refractivity contribution in [2.75, 3.05) is 51.0 Å². The highest BCUT2D eigenvalue weighted by atomic mass is 32.2. The van der Waals surface area contributed by atoms with Gasteiger partial charge in [-0.1, -0.05) is 56.2 Å². The maximum atomic E-state index is 5.71. The molecule has 36 heavy (non-hydrogen) atoms. The van der Waals surface area contributed by atoms with Gasteiger partial charge in [0.1, 0.15) is 11.6 Å². The summed E-state index contributed by atoms with van der Waals surface area (Å²) in [4.78, 5) is 10.1. The average Bonchev–Trinajstić information content (AvgIpc) is 3.51. The monoisotopic (exact) mass is 510 g/mol. The van der Waals surface area contributed by atoms with Crippen molar-refractivity contribution in [1.29, 1.82) is 0 Å². The third-order valence-corrected chi connectivity index (χ3v) is 7.92. The molecule has 0 bridgehead atoms. The quantitative estimate of drug-likeness (QED) is 0.341. The third kappa shape index (κ3) is 7.40. The molecule has 0 saturated carbocycles. The Bertz CT molecular complexity index is 1010. The summed E-state index contributed by atoms with van der Waals surface area (Å²) in [7, 11) is 0. The van der Waals surface area contributed by atoms with Crippen molar-refractivity contribution in [3.8, 4) is 11.4 Å². The van der Waals surface area contributed by atoms with Crippen LogP contribution in [-0.4, -0.2) is 70.4 Å². The first-order valence-corrected chi connectivity index (χ1v) is 14.6. The molecule has 4 rings (SSSR count). The second-order valence-electron chi connectivity index (χ2n) is 9.59. The number of imidazole rings is 1. The summed E-state index contributed by atoms with van der Waals surface area (Å²) in [5, 5.41) is 0. The molecule has 1 aromatic carbocycles. The lowest BCUT2D eigenvalue weighted by molar-refractivity contribution is 0.0749. The lowest BCUT2D eigenvalue weighted by Gasteiger charge is -2.30. The maximum Gasteiger partial charge on any atom is 0.230 e. The summed E-state index contributed by atoms with van der Waals surface area (Å²) < 4.78 is 13.7. The standard InChI is InChI=1S/C29H42N4O2S/c1-4-6-12-33-27(20-30-29(33)26-10-8-7-9-11-26)22-32(14-13-31-15-17-36-18-16-31)21-25(5-2)19-28-24(3)34-23-35-28/h7-11,19-20H,4-6,12-18,21-23H2,1-3H3/b25-19+. The van der Waals surface area contributed by atoms with E-state index < -0.39 is 0 Å². The van der Waals surface area contributed by atoms with Crippen LogP contribution in [0.5, 0.6) is 0 Å². The van der Waals surface area contributed by atoms with Crippen LogP contribution >= 0.6 is 11.8 Å². The molecule has 1 fully saturated rings. The van der Waals surface area contributed by atoms with Crippen molar-refractivity contribution in [1.82, 2.24) is 19.4 Å². The summed E-state index contributed by atoms with van der Waals surface area (Å²) in [6.45, 7) is 14.1. The molecule has 2 aliphatic rings. The first-order chi connectivity index (χ1) is 17.7. The smallest absolute Gasteiger partial charge is 0.230 e. The number of ether oxygens (including phenoxy) is 2. The Balaban J connectivity index is 1.56. The number of aromatic nitrogens is 2. The number of hydrogen-bond acceptors (Lipinski definition) is 6. The molecular formula is C29H42N4O2S. The topological polar surface area (TPSA) is 42.8 Å². The zero-order valence-corrected chi connectivity index (χ0v) is 23.1. The molecule has 7 heteroatoms. The molecule has 1 aromatic heterocycles. The van der Waals surface area contributed by atoms with Crippen molar-refractivity contribution < 1.29 is 9.47 Å². The summed E-state index contributed by atoms with van der Waals surface area (Å²) >= 11 is 2.07. The first kappa shape index (κ1) is 26.8. The second kappa shape index (κ2) is 13.9. The van der Waals surface area contributed by atoms with E-state index in [4.69, 9.17) is 14.5 Å². The number of thioether (sulfide) groups is 1. The van der Waals surface area contributed by atoms with Gasteiger partial charge in [-0.2, -0.15) is 11.8 Å². The van der Waals surface area contributed by atoms with Gasteiger partial charge in [0.2, 0.25) is 6.79 Å². The van der Waals surface area contributed by atoms with Crippen LogP contribution < -0.4 is 0 Å². The highest BCUT2D eigenvalue weighted by Crippen LogP contribution is 2.23. The predicted molar refractivity (Wildman–Crippen MR) is 150 cm³/mol. The minimum Gasteiger partial charge on any atom is -0.458 e. The molecule has 0 atom stereocenters. The maximum absolute atomic E-state index is 5.71. The number of nitrogens with zero attached hydrogens (tertiary/aromatic N) is 4. The summed E-state index contributed by atoms with van der Waals surface area (Å²) in [5.41, 5.74) is 3.85. The Morgan fingerprint density at radius 3 is 2.61 bits per heavy atom. The van der Waals surface area contributed by atoms with Gasteiger partial charge >= 0.3 is 0 Å². The fraction of sp³-hybridized carbons (Fsp3) is 0.552. The minimum atomic E-state index is 0.324. The number of hydrogen-bond donors (Lipinski definition) is 0. The van der Waals surface area contributed by atoms with E-state index in [2.05, 4.69) is 82.6 Å². The number of unbranched alkanes of at least 4 members (excludes halogenated alkanes) is 1. The van der Waals surface area contributed by atoms with Crippen LogP contribution in [-0.2, 0) is 22.6 Å². The Morgan fingerprint density at radius 1 is 1.11 bits per heavy atom. The molecule has 0 aliphatic carbocycles. The Kier molecular flexibility index (Phi) is 10.4. The van der Waals surface area contributed by atoms with E-state index in [1.54, 1.807) is 0 Å². The van der Waals surface area contributed by atoms with E-state index in [0.717, 1.165) is 62.9 Å². The fourth-order valence-corrected chi connectivity index (χ4v) is 5.68. The zero-order valence-electron chi connectivity index (χ0n) is 22.2. The molecule has 2 aliphatic heterocycles. The molecular weight excluding hydrogens is 468 g/mol. The van der Waals surface area contributed by atoms with E-state index in [9.17, 15) is 0 Å². The number of benzene rings is 1. The Morgan fingerprint density at radius 2 is 1.92 bits per heavy atom. The van der Waals surface area contributed by atoms with Crippen LogP contribution in [0, 0.1) is 0 Å². The zero-order chi connectivity index (χ0) is 25.2. The van der Waals surface area contributed by atoms with Crippen LogP contribution in [0.4, 0.5) is 0 Å². The molecule has 0 radical (unpaired) electrons. The van der Waals surface area contributed by atoms with Crippen LogP contribution in [0.3, 0.4) is 0 Å². The van der Waals surface area contributed by atoms with Crippen molar-refractivity contribution in [2.45, 2.75) is 53.1 Å². The fourth-order valence-electron chi connectivity index (χ4n) is 4.70. The van der Waals surface area contributed by atoms with E-state index >= 15 is 0 Å². The molecule has 0 amide bonds. The summed E-state index contributed by atoms with van der Waals surface area (Å²) in [6, 6.07) is 10.6. The Hall–Kier alpha value is -2.22. The largest absolute Gasteiger partial charge is 0.458 e. The van der Waals surface area contributed by atoms with E-state index in [0.29, 0.717) is 6.79 Å². The van der Waals surface area contributed by atoms with Crippen molar-refractivity contribution in [3.05, 3.63) is 65.4 Å². The normalized spacial score (nSPS) is 17.1. The lowest BCUT2D eigenvalue weighted by atomic mass is 10.1. The van der Waals surface area contributed by atoms with Gasteiger partial charge in [0.25, 0.3) is 0 Å². The average molecular weight is 511 g/mol. The molecule has 1 saturated heterocycles. The molecule has 0 unspecified atom stereocenters. The first-order valence-electron chi connectivity index (χ1n) is 13.5. The van der Waals surface area contributed by atoms with Gasteiger partial charge in [-0.3, -0.25) is 4.90 Å². The van der Waals surface area contributed by atoms with Gasteiger partial charge in [-0.25, -0.2) is 4.98 Å². The minimum absolute atomic E-state index is 0.324. The second-order valence-corrected chi connectivity index (χ2v) is 10.8.